The SMILES string of the molecule is NC(=O)C(=O)NCC(=O)O. The summed E-state index contributed by atoms with van der Waals surface area (Å²) in [6.45, 7) is -0.595. The molecule has 0 aromatic heterocycles. The van der Waals surface area contributed by atoms with Gasteiger partial charge >= 0.3 is 17.8 Å². The molecule has 0 rings (SSSR count). The molecule has 6 nitrogen and oxygen atoms in total. The minimum absolute atomic E-state index is 0.595. The fourth-order valence-corrected chi connectivity index (χ4v) is 0.243. The van der Waals surface area contributed by atoms with Gasteiger partial charge in [0.25, 0.3) is 0 Å². The van der Waals surface area contributed by atoms with Crippen LogP contribution in [0, 0.1) is 0 Å². The third kappa shape index (κ3) is 3.42. The Labute approximate surface area is 56.0 Å². The molecule has 0 aliphatic heterocycles. The zero-order valence-electron chi connectivity index (χ0n) is 4.96. The number of amides is 2. The van der Waals surface area contributed by atoms with Crippen LogP contribution in [0.2, 0.25) is 0 Å². The first kappa shape index (κ1) is 8.41. The Morgan fingerprint density at radius 1 is 1.40 bits per heavy atom. The lowest BCUT2D eigenvalue weighted by Gasteiger charge is -1.94. The molecule has 0 spiro atoms. The summed E-state index contributed by atoms with van der Waals surface area (Å²) in [6.07, 6.45) is 0. The molecular formula is C4H6N2O4. The van der Waals surface area contributed by atoms with E-state index in [1.165, 1.54) is 0 Å². The van der Waals surface area contributed by atoms with Crippen molar-refractivity contribution in [3.8, 4) is 0 Å². The molecule has 0 aromatic carbocycles. The zero-order valence-corrected chi connectivity index (χ0v) is 4.96. The molecule has 0 atom stereocenters. The molecule has 0 fully saturated rings. The Morgan fingerprint density at radius 2 is 1.90 bits per heavy atom. The van der Waals surface area contributed by atoms with Crippen LogP contribution in [0.4, 0.5) is 0 Å². The van der Waals surface area contributed by atoms with Crippen LogP contribution in [-0.4, -0.2) is 29.4 Å². The lowest BCUT2D eigenvalue weighted by Crippen LogP contribution is -2.38. The van der Waals surface area contributed by atoms with E-state index < -0.39 is 24.3 Å². The normalized spacial score (nSPS) is 8.40. The molecule has 56 valence electrons. The number of hydrogen-bond donors (Lipinski definition) is 3. The lowest BCUT2D eigenvalue weighted by atomic mass is 10.5. The van der Waals surface area contributed by atoms with Crippen LogP contribution in [0.5, 0.6) is 0 Å². The number of nitrogens with one attached hydrogen (secondary N) is 1. The predicted octanol–water partition coefficient (Wildman–Crippen LogP) is -2.33. The fourth-order valence-electron chi connectivity index (χ4n) is 0.243. The molecule has 0 radical (unpaired) electrons. The number of carbonyl (C=O) groups excluding carboxylic acids is 2. The first-order chi connectivity index (χ1) is 4.54. The molecule has 0 bridgehead atoms. The van der Waals surface area contributed by atoms with Crippen LogP contribution >= 0.6 is 0 Å². The van der Waals surface area contributed by atoms with E-state index in [0.717, 1.165) is 0 Å². The van der Waals surface area contributed by atoms with Crippen LogP contribution in [0.15, 0.2) is 0 Å². The largest absolute Gasteiger partial charge is 0.480 e. The second-order valence-electron chi connectivity index (χ2n) is 1.44. The summed E-state index contributed by atoms with van der Waals surface area (Å²) in [5.74, 6) is -3.52. The van der Waals surface area contributed by atoms with Crippen molar-refractivity contribution in [1.29, 1.82) is 0 Å². The maximum Gasteiger partial charge on any atom is 0.322 e. The van der Waals surface area contributed by atoms with Gasteiger partial charge in [0.1, 0.15) is 6.54 Å². The molecule has 0 unspecified atom stereocenters. The standard InChI is InChI=1S/C4H6N2O4/c5-3(9)4(10)6-1-2(7)8/h1H2,(H2,5,9)(H,6,10)(H,7,8). The van der Waals surface area contributed by atoms with Gasteiger partial charge in [-0.1, -0.05) is 0 Å². The van der Waals surface area contributed by atoms with Crippen molar-refractivity contribution >= 4 is 17.8 Å². The smallest absolute Gasteiger partial charge is 0.322 e. The van der Waals surface area contributed by atoms with E-state index in [9.17, 15) is 14.4 Å². The number of carboxylic acids is 1. The van der Waals surface area contributed by atoms with Crippen LogP contribution < -0.4 is 11.1 Å². The first-order valence-electron chi connectivity index (χ1n) is 2.33. The van der Waals surface area contributed by atoms with Crippen molar-refractivity contribution in [1.82, 2.24) is 5.32 Å². The van der Waals surface area contributed by atoms with Gasteiger partial charge in [0.2, 0.25) is 0 Å². The quantitative estimate of drug-likeness (QED) is 0.379. The van der Waals surface area contributed by atoms with Crippen LogP contribution in [0.25, 0.3) is 0 Å². The molecule has 2 amide bonds. The van der Waals surface area contributed by atoms with Crippen molar-refractivity contribution in [2.45, 2.75) is 0 Å². The second kappa shape index (κ2) is 3.44. The summed E-state index contributed by atoms with van der Waals surface area (Å²) in [7, 11) is 0. The van der Waals surface area contributed by atoms with E-state index >= 15 is 0 Å². The highest BCUT2D eigenvalue weighted by Gasteiger charge is 2.08. The zero-order chi connectivity index (χ0) is 8.15. The van der Waals surface area contributed by atoms with Crippen molar-refractivity contribution in [3.05, 3.63) is 0 Å². The average molecular weight is 146 g/mol. The van der Waals surface area contributed by atoms with Gasteiger partial charge in [-0.25, -0.2) is 0 Å². The van der Waals surface area contributed by atoms with E-state index in [4.69, 9.17) is 5.11 Å². The van der Waals surface area contributed by atoms with E-state index in [1.807, 2.05) is 0 Å². The van der Waals surface area contributed by atoms with Gasteiger partial charge in [-0.2, -0.15) is 0 Å². The summed E-state index contributed by atoms with van der Waals surface area (Å²) in [4.78, 5) is 29.9. The Bertz CT molecular complexity index is 176. The molecule has 0 aliphatic rings. The third-order valence-corrected chi connectivity index (χ3v) is 0.624. The van der Waals surface area contributed by atoms with Gasteiger partial charge in [0.05, 0.1) is 0 Å². The summed E-state index contributed by atoms with van der Waals surface area (Å²) >= 11 is 0. The summed E-state index contributed by atoms with van der Waals surface area (Å²) in [6, 6.07) is 0. The highest BCUT2D eigenvalue weighted by molar-refractivity contribution is 6.34. The predicted molar refractivity (Wildman–Crippen MR) is 29.8 cm³/mol. The number of rotatable bonds is 2. The number of hydrogen-bond acceptors (Lipinski definition) is 3. The number of primary amides is 1. The lowest BCUT2D eigenvalue weighted by molar-refractivity contribution is -0.140. The summed E-state index contributed by atoms with van der Waals surface area (Å²) in [5, 5.41) is 9.75. The monoisotopic (exact) mass is 146 g/mol. The van der Waals surface area contributed by atoms with Crippen LogP contribution in [-0.2, 0) is 14.4 Å². The number of aliphatic carboxylic acids is 1. The van der Waals surface area contributed by atoms with E-state index in [0.29, 0.717) is 0 Å². The molecule has 0 aliphatic carbocycles. The van der Waals surface area contributed by atoms with E-state index in [2.05, 4.69) is 5.73 Å². The number of carboxylic acid groups (broad SMARTS) is 1. The molecule has 0 saturated carbocycles. The van der Waals surface area contributed by atoms with Crippen LogP contribution in [0.1, 0.15) is 0 Å². The Balaban J connectivity index is 3.60. The molecular weight excluding hydrogens is 140 g/mol. The Morgan fingerprint density at radius 3 is 2.20 bits per heavy atom. The number of nitrogens with two attached hydrogens (primary N) is 1. The Hall–Kier alpha value is -1.59. The van der Waals surface area contributed by atoms with E-state index in [-0.39, 0.29) is 0 Å². The van der Waals surface area contributed by atoms with Crippen molar-refractivity contribution < 1.29 is 19.5 Å². The fraction of sp³-hybridized carbons (Fsp3) is 0.250. The van der Waals surface area contributed by atoms with Gasteiger partial charge in [0.15, 0.2) is 0 Å². The van der Waals surface area contributed by atoms with Crippen LogP contribution in [0.3, 0.4) is 0 Å². The maximum atomic E-state index is 10.2. The molecule has 10 heavy (non-hydrogen) atoms. The molecule has 0 aromatic rings. The van der Waals surface area contributed by atoms with Crippen molar-refractivity contribution in [3.63, 3.8) is 0 Å². The molecule has 4 N–H and O–H groups in total. The Kier molecular flexibility index (Phi) is 2.89. The molecule has 0 heterocycles. The highest BCUT2D eigenvalue weighted by atomic mass is 16.4. The average Bonchev–Trinajstić information content (AvgIpc) is 1.82. The van der Waals surface area contributed by atoms with E-state index in [1.54, 1.807) is 5.32 Å². The topological polar surface area (TPSA) is 109 Å². The maximum absolute atomic E-state index is 10.2. The molecule has 0 saturated heterocycles. The number of carbonyl (C=O) groups is 3. The van der Waals surface area contributed by atoms with Gasteiger partial charge in [-0.3, -0.25) is 14.4 Å². The van der Waals surface area contributed by atoms with Gasteiger partial charge in [0, 0.05) is 0 Å². The second-order valence-corrected chi connectivity index (χ2v) is 1.44. The molecule has 6 heteroatoms. The summed E-state index contributed by atoms with van der Waals surface area (Å²) in [5.41, 5.74) is 4.48. The summed E-state index contributed by atoms with van der Waals surface area (Å²) < 4.78 is 0. The third-order valence-electron chi connectivity index (χ3n) is 0.624. The van der Waals surface area contributed by atoms with Crippen molar-refractivity contribution in [2.24, 2.45) is 5.73 Å². The minimum Gasteiger partial charge on any atom is -0.480 e. The van der Waals surface area contributed by atoms with Gasteiger partial charge in [-0.05, 0) is 0 Å². The minimum atomic E-state index is -1.23. The van der Waals surface area contributed by atoms with Gasteiger partial charge in [-0.15, -0.1) is 0 Å². The highest BCUT2D eigenvalue weighted by Crippen LogP contribution is 1.63. The first-order valence-corrected chi connectivity index (χ1v) is 2.33. The van der Waals surface area contributed by atoms with Crippen molar-refractivity contribution in [2.75, 3.05) is 6.54 Å². The van der Waals surface area contributed by atoms with Gasteiger partial charge < -0.3 is 16.2 Å².